The normalized spacial score (nSPS) is 10.6. The van der Waals surface area contributed by atoms with E-state index in [0.717, 1.165) is 11.3 Å². The molecule has 4 aromatic rings. The van der Waals surface area contributed by atoms with E-state index in [4.69, 9.17) is 0 Å². The van der Waals surface area contributed by atoms with Crippen molar-refractivity contribution in [3.05, 3.63) is 84.9 Å². The third-order valence-electron chi connectivity index (χ3n) is 4.35. The lowest BCUT2D eigenvalue weighted by atomic mass is 10.1. The monoisotopic (exact) mass is 373 g/mol. The molecular weight excluding hydrogens is 357 g/mol. The first-order valence-corrected chi connectivity index (χ1v) is 8.60. The van der Waals surface area contributed by atoms with Gasteiger partial charge in [0.15, 0.2) is 0 Å². The van der Waals surface area contributed by atoms with E-state index in [0.29, 0.717) is 17.0 Å². The molecule has 0 atom stereocenters. The molecule has 138 valence electrons. The maximum absolute atomic E-state index is 13.3. The number of carbonyl (C=O) groups is 1. The summed E-state index contributed by atoms with van der Waals surface area (Å²) in [7, 11) is 1.67. The van der Waals surface area contributed by atoms with E-state index in [1.165, 1.54) is 21.7 Å². The highest BCUT2D eigenvalue weighted by molar-refractivity contribution is 5.96. The molecule has 0 aliphatic carbocycles. The van der Waals surface area contributed by atoms with Crippen LogP contribution in [0, 0.1) is 5.82 Å². The van der Waals surface area contributed by atoms with Gasteiger partial charge in [0.05, 0.1) is 0 Å². The number of aromatic nitrogens is 4. The Hall–Kier alpha value is -3.87. The van der Waals surface area contributed by atoms with Crippen molar-refractivity contribution >= 4 is 11.7 Å². The standard InChI is InChI=1S/C21H16FN5O/c1-26(18-5-3-2-4-6-18)21(28)27-20(16-11-13-23-14-12-16)19(24-25-27)15-7-9-17(22)10-8-15/h2-14H,1H3. The third-order valence-corrected chi connectivity index (χ3v) is 4.35. The number of nitrogens with zero attached hydrogens (tertiary/aromatic N) is 5. The van der Waals surface area contributed by atoms with E-state index in [-0.39, 0.29) is 11.8 Å². The van der Waals surface area contributed by atoms with Crippen LogP contribution in [0.1, 0.15) is 0 Å². The summed E-state index contributed by atoms with van der Waals surface area (Å²) in [5.74, 6) is -0.346. The summed E-state index contributed by atoms with van der Waals surface area (Å²) in [5, 5.41) is 8.31. The molecule has 2 aromatic carbocycles. The molecule has 1 amide bonds. The van der Waals surface area contributed by atoms with Crippen LogP contribution in [-0.4, -0.2) is 33.1 Å². The second-order valence-corrected chi connectivity index (χ2v) is 6.12. The minimum atomic E-state index is -0.362. The fourth-order valence-corrected chi connectivity index (χ4v) is 2.89. The molecule has 0 bridgehead atoms. The van der Waals surface area contributed by atoms with E-state index in [1.807, 2.05) is 30.3 Å². The first kappa shape index (κ1) is 17.5. The number of para-hydroxylation sites is 1. The van der Waals surface area contributed by atoms with Crippen LogP contribution in [0.3, 0.4) is 0 Å². The molecule has 2 heterocycles. The highest BCUT2D eigenvalue weighted by Crippen LogP contribution is 2.30. The fourth-order valence-electron chi connectivity index (χ4n) is 2.89. The molecule has 0 aliphatic heterocycles. The topological polar surface area (TPSA) is 63.9 Å². The van der Waals surface area contributed by atoms with Gasteiger partial charge in [0.2, 0.25) is 0 Å². The van der Waals surface area contributed by atoms with Gasteiger partial charge in [-0.25, -0.2) is 9.18 Å². The Morgan fingerprint density at radius 1 is 0.929 bits per heavy atom. The first-order chi connectivity index (χ1) is 13.6. The molecule has 0 saturated carbocycles. The molecule has 0 radical (unpaired) electrons. The van der Waals surface area contributed by atoms with Gasteiger partial charge in [-0.15, -0.1) is 5.10 Å². The lowest BCUT2D eigenvalue weighted by Crippen LogP contribution is -2.32. The minimum Gasteiger partial charge on any atom is -0.296 e. The highest BCUT2D eigenvalue weighted by Gasteiger charge is 2.23. The Morgan fingerprint density at radius 2 is 1.61 bits per heavy atom. The Labute approximate surface area is 160 Å². The van der Waals surface area contributed by atoms with Crippen LogP contribution >= 0.6 is 0 Å². The molecule has 0 unspecified atom stereocenters. The van der Waals surface area contributed by atoms with Gasteiger partial charge in [0.25, 0.3) is 0 Å². The highest BCUT2D eigenvalue weighted by atomic mass is 19.1. The number of pyridine rings is 1. The van der Waals surface area contributed by atoms with E-state index in [1.54, 1.807) is 43.7 Å². The minimum absolute atomic E-state index is 0.346. The average molecular weight is 373 g/mol. The second-order valence-electron chi connectivity index (χ2n) is 6.12. The molecule has 4 rings (SSSR count). The predicted octanol–water partition coefficient (Wildman–Crippen LogP) is 4.25. The van der Waals surface area contributed by atoms with E-state index >= 15 is 0 Å². The fraction of sp³-hybridized carbons (Fsp3) is 0.0476. The lowest BCUT2D eigenvalue weighted by Gasteiger charge is -2.18. The van der Waals surface area contributed by atoms with Crippen molar-refractivity contribution < 1.29 is 9.18 Å². The lowest BCUT2D eigenvalue weighted by molar-refractivity contribution is 0.246. The Bertz CT molecular complexity index is 1090. The van der Waals surface area contributed by atoms with Gasteiger partial charge in [0.1, 0.15) is 17.2 Å². The smallest absolute Gasteiger partial charge is 0.296 e. The summed E-state index contributed by atoms with van der Waals surface area (Å²) in [6.45, 7) is 0. The number of carbonyl (C=O) groups excluding carboxylic acids is 1. The van der Waals surface area contributed by atoms with E-state index < -0.39 is 0 Å². The number of hydrogen-bond acceptors (Lipinski definition) is 4. The van der Waals surface area contributed by atoms with Crippen LogP contribution in [-0.2, 0) is 0 Å². The van der Waals surface area contributed by atoms with Gasteiger partial charge < -0.3 is 0 Å². The summed E-state index contributed by atoms with van der Waals surface area (Å²) >= 11 is 0. The number of rotatable bonds is 3. The Morgan fingerprint density at radius 3 is 2.29 bits per heavy atom. The van der Waals surface area contributed by atoms with Crippen molar-refractivity contribution in [2.24, 2.45) is 0 Å². The molecule has 28 heavy (non-hydrogen) atoms. The molecule has 2 aromatic heterocycles. The molecule has 6 nitrogen and oxygen atoms in total. The molecule has 0 saturated heterocycles. The van der Waals surface area contributed by atoms with Crippen molar-refractivity contribution in [1.82, 2.24) is 20.0 Å². The summed E-state index contributed by atoms with van der Waals surface area (Å²) < 4.78 is 14.6. The second kappa shape index (κ2) is 7.40. The van der Waals surface area contributed by atoms with Crippen molar-refractivity contribution in [1.29, 1.82) is 0 Å². The van der Waals surface area contributed by atoms with Gasteiger partial charge in [-0.2, -0.15) is 4.68 Å². The van der Waals surface area contributed by atoms with E-state index in [2.05, 4.69) is 15.3 Å². The van der Waals surface area contributed by atoms with Crippen LogP contribution in [0.4, 0.5) is 14.9 Å². The van der Waals surface area contributed by atoms with Gasteiger partial charge in [-0.1, -0.05) is 23.4 Å². The number of benzene rings is 2. The van der Waals surface area contributed by atoms with Gasteiger partial charge in [-0.05, 0) is 48.5 Å². The van der Waals surface area contributed by atoms with Crippen LogP contribution < -0.4 is 4.90 Å². The average Bonchev–Trinajstić information content (AvgIpc) is 3.19. The Balaban J connectivity index is 1.84. The first-order valence-electron chi connectivity index (χ1n) is 8.60. The zero-order chi connectivity index (χ0) is 19.5. The van der Waals surface area contributed by atoms with Crippen LogP contribution in [0.2, 0.25) is 0 Å². The summed E-state index contributed by atoms with van der Waals surface area (Å²) in [5.41, 5.74) is 3.12. The molecule has 0 N–H and O–H groups in total. The van der Waals surface area contributed by atoms with Crippen molar-refractivity contribution in [2.45, 2.75) is 0 Å². The summed E-state index contributed by atoms with van der Waals surface area (Å²) in [4.78, 5) is 18.7. The number of amides is 1. The van der Waals surface area contributed by atoms with Gasteiger partial charge in [-0.3, -0.25) is 9.88 Å². The molecular formula is C21H16FN5O. The van der Waals surface area contributed by atoms with Crippen LogP contribution in [0.5, 0.6) is 0 Å². The SMILES string of the molecule is CN(C(=O)n1nnc(-c2ccc(F)cc2)c1-c1ccncc1)c1ccccc1. The molecule has 0 spiro atoms. The molecule has 0 fully saturated rings. The number of hydrogen-bond donors (Lipinski definition) is 0. The van der Waals surface area contributed by atoms with Crippen molar-refractivity contribution in [2.75, 3.05) is 11.9 Å². The van der Waals surface area contributed by atoms with Crippen LogP contribution in [0.25, 0.3) is 22.5 Å². The molecule has 7 heteroatoms. The zero-order valence-electron chi connectivity index (χ0n) is 15.0. The van der Waals surface area contributed by atoms with Crippen LogP contribution in [0.15, 0.2) is 79.1 Å². The largest absolute Gasteiger partial charge is 0.350 e. The Kier molecular flexibility index (Phi) is 4.63. The van der Waals surface area contributed by atoms with Crippen molar-refractivity contribution in [3.8, 4) is 22.5 Å². The number of halogens is 1. The quantitative estimate of drug-likeness (QED) is 0.539. The third kappa shape index (κ3) is 3.25. The summed E-state index contributed by atoms with van der Waals surface area (Å²) in [6.07, 6.45) is 3.26. The number of anilines is 1. The van der Waals surface area contributed by atoms with Crippen molar-refractivity contribution in [3.63, 3.8) is 0 Å². The maximum atomic E-state index is 13.3. The maximum Gasteiger partial charge on any atom is 0.350 e. The zero-order valence-corrected chi connectivity index (χ0v) is 15.0. The van der Waals surface area contributed by atoms with Gasteiger partial charge >= 0.3 is 6.03 Å². The van der Waals surface area contributed by atoms with E-state index in [9.17, 15) is 9.18 Å². The molecule has 0 aliphatic rings. The summed E-state index contributed by atoms with van der Waals surface area (Å²) in [6, 6.07) is 18.4. The predicted molar refractivity (Wildman–Crippen MR) is 104 cm³/mol. The van der Waals surface area contributed by atoms with Gasteiger partial charge in [0, 0.05) is 36.3 Å².